The van der Waals surface area contributed by atoms with Crippen molar-refractivity contribution in [1.29, 1.82) is 0 Å². The number of hydrogen-bond donors (Lipinski definition) is 2. The van der Waals surface area contributed by atoms with Crippen molar-refractivity contribution in [2.75, 3.05) is 30.3 Å². The smallest absolute Gasteiger partial charge is 0.407 e. The van der Waals surface area contributed by atoms with Crippen LogP contribution in [-0.2, 0) is 0 Å². The summed E-state index contributed by atoms with van der Waals surface area (Å²) in [6, 6.07) is 1.70. The van der Waals surface area contributed by atoms with Crippen molar-refractivity contribution >= 4 is 29.5 Å². The lowest BCUT2D eigenvalue weighted by Crippen LogP contribution is -2.51. The number of rotatable bonds is 3. The van der Waals surface area contributed by atoms with Crippen LogP contribution in [0, 0.1) is 11.8 Å². The quantitative estimate of drug-likeness (QED) is 0.809. The van der Waals surface area contributed by atoms with Crippen molar-refractivity contribution < 1.29 is 9.90 Å². The van der Waals surface area contributed by atoms with Crippen LogP contribution < -0.4 is 10.6 Å². The standard InChI is InChI=1S/C16H26ClN5O2/c1-10-5-11(9-22(15(23)24)16(2,3)4)8-21(7-10)13-6-12(17)19-14(18)20-13/h6,10-11H,5,7-9H2,1-4H3,(H,23,24)(H2,18,19,20)/t10-,11-/m1/s1. The molecule has 0 radical (unpaired) electrons. The van der Waals surface area contributed by atoms with Gasteiger partial charge in [0.15, 0.2) is 0 Å². The molecule has 3 N–H and O–H groups in total. The molecule has 0 saturated carbocycles. The maximum atomic E-state index is 11.6. The molecule has 7 nitrogen and oxygen atoms in total. The van der Waals surface area contributed by atoms with E-state index in [1.54, 1.807) is 6.07 Å². The van der Waals surface area contributed by atoms with E-state index < -0.39 is 11.6 Å². The average Bonchev–Trinajstić information content (AvgIpc) is 2.41. The number of hydrogen-bond acceptors (Lipinski definition) is 5. The van der Waals surface area contributed by atoms with E-state index in [0.29, 0.717) is 23.4 Å². The lowest BCUT2D eigenvalue weighted by molar-refractivity contribution is 0.0837. The van der Waals surface area contributed by atoms with E-state index in [-0.39, 0.29) is 11.9 Å². The van der Waals surface area contributed by atoms with E-state index in [9.17, 15) is 9.90 Å². The fourth-order valence-corrected chi connectivity index (χ4v) is 3.47. The predicted molar refractivity (Wildman–Crippen MR) is 95.4 cm³/mol. The largest absolute Gasteiger partial charge is 0.465 e. The molecule has 134 valence electrons. The third kappa shape index (κ3) is 4.63. The topological polar surface area (TPSA) is 95.6 Å². The summed E-state index contributed by atoms with van der Waals surface area (Å²) in [6.07, 6.45) is 0.0894. The zero-order valence-electron chi connectivity index (χ0n) is 14.7. The molecule has 1 aromatic heterocycles. The van der Waals surface area contributed by atoms with Crippen molar-refractivity contribution in [3.8, 4) is 0 Å². The van der Waals surface area contributed by atoms with Gasteiger partial charge < -0.3 is 20.6 Å². The summed E-state index contributed by atoms with van der Waals surface area (Å²) in [5.41, 5.74) is 5.26. The van der Waals surface area contributed by atoms with Gasteiger partial charge >= 0.3 is 6.09 Å². The molecule has 2 heterocycles. The molecule has 0 aromatic carbocycles. The number of nitrogen functional groups attached to an aromatic ring is 1. The Kier molecular flexibility index (Phi) is 5.42. The van der Waals surface area contributed by atoms with Crippen molar-refractivity contribution in [3.63, 3.8) is 0 Å². The molecule has 1 fully saturated rings. The first kappa shape index (κ1) is 18.6. The number of carbonyl (C=O) groups is 1. The number of piperidine rings is 1. The van der Waals surface area contributed by atoms with Gasteiger partial charge in [0.1, 0.15) is 11.0 Å². The summed E-state index contributed by atoms with van der Waals surface area (Å²) >= 11 is 5.98. The highest BCUT2D eigenvalue weighted by Gasteiger charge is 2.33. The predicted octanol–water partition coefficient (Wildman–Crippen LogP) is 2.95. The van der Waals surface area contributed by atoms with Crippen LogP contribution >= 0.6 is 11.6 Å². The second-order valence-electron chi connectivity index (χ2n) is 7.58. The number of amides is 1. The van der Waals surface area contributed by atoms with E-state index in [1.165, 1.54) is 4.90 Å². The van der Waals surface area contributed by atoms with Crippen molar-refractivity contribution in [2.24, 2.45) is 11.8 Å². The Labute approximate surface area is 147 Å². The third-order valence-corrected chi connectivity index (χ3v) is 4.44. The van der Waals surface area contributed by atoms with Crippen LogP contribution in [0.15, 0.2) is 6.07 Å². The molecule has 1 aromatic rings. The Balaban J connectivity index is 2.17. The van der Waals surface area contributed by atoms with E-state index >= 15 is 0 Å². The minimum absolute atomic E-state index is 0.147. The van der Waals surface area contributed by atoms with Crippen molar-refractivity contribution in [3.05, 3.63) is 11.2 Å². The molecule has 1 aliphatic heterocycles. The van der Waals surface area contributed by atoms with Crippen LogP contribution in [-0.4, -0.2) is 51.2 Å². The SMILES string of the molecule is C[C@@H]1C[C@@H](CN(C(=O)O)C(C)(C)C)CN(c2cc(Cl)nc(N)n2)C1. The van der Waals surface area contributed by atoms with Crippen LogP contribution in [0.25, 0.3) is 0 Å². The molecule has 1 aliphatic rings. The number of halogens is 1. The van der Waals surface area contributed by atoms with E-state index in [2.05, 4.69) is 21.8 Å². The first-order valence-electron chi connectivity index (χ1n) is 8.12. The van der Waals surface area contributed by atoms with Gasteiger partial charge in [-0.2, -0.15) is 4.98 Å². The fraction of sp³-hybridized carbons (Fsp3) is 0.688. The minimum Gasteiger partial charge on any atom is -0.465 e. The molecule has 0 aliphatic carbocycles. The fourth-order valence-electron chi connectivity index (χ4n) is 3.28. The summed E-state index contributed by atoms with van der Waals surface area (Å²) < 4.78 is 0. The zero-order valence-corrected chi connectivity index (χ0v) is 15.4. The number of aromatic nitrogens is 2. The monoisotopic (exact) mass is 355 g/mol. The molecule has 24 heavy (non-hydrogen) atoms. The molecule has 1 saturated heterocycles. The van der Waals surface area contributed by atoms with Gasteiger partial charge in [0, 0.05) is 31.2 Å². The molecule has 1 amide bonds. The average molecular weight is 356 g/mol. The lowest BCUT2D eigenvalue weighted by Gasteiger charge is -2.41. The molecule has 0 unspecified atom stereocenters. The Morgan fingerprint density at radius 3 is 2.67 bits per heavy atom. The first-order valence-corrected chi connectivity index (χ1v) is 8.49. The number of anilines is 2. The molecular formula is C16H26ClN5O2. The van der Waals surface area contributed by atoms with Gasteiger partial charge in [-0.25, -0.2) is 9.78 Å². The van der Waals surface area contributed by atoms with E-state index in [4.69, 9.17) is 17.3 Å². The highest BCUT2D eigenvalue weighted by molar-refractivity contribution is 6.29. The van der Waals surface area contributed by atoms with Gasteiger partial charge in [0.25, 0.3) is 0 Å². The van der Waals surface area contributed by atoms with Gasteiger partial charge in [-0.05, 0) is 39.0 Å². The molecule has 0 bridgehead atoms. The summed E-state index contributed by atoms with van der Waals surface area (Å²) in [5, 5.41) is 9.83. The molecule has 2 rings (SSSR count). The molecular weight excluding hydrogens is 330 g/mol. The van der Waals surface area contributed by atoms with Gasteiger partial charge in [-0.15, -0.1) is 0 Å². The second-order valence-corrected chi connectivity index (χ2v) is 7.97. The maximum absolute atomic E-state index is 11.6. The highest BCUT2D eigenvalue weighted by Crippen LogP contribution is 2.29. The summed E-state index contributed by atoms with van der Waals surface area (Å²) in [5.74, 6) is 1.49. The summed E-state index contributed by atoms with van der Waals surface area (Å²) in [7, 11) is 0. The van der Waals surface area contributed by atoms with Gasteiger partial charge in [0.05, 0.1) is 0 Å². The second kappa shape index (κ2) is 7.01. The van der Waals surface area contributed by atoms with E-state index in [0.717, 1.165) is 19.5 Å². The first-order chi connectivity index (χ1) is 11.1. The Hall–Kier alpha value is -1.76. The van der Waals surface area contributed by atoms with Crippen LogP contribution in [0.3, 0.4) is 0 Å². The molecule has 2 atom stereocenters. The van der Waals surface area contributed by atoms with Crippen LogP contribution in [0.1, 0.15) is 34.1 Å². The number of carboxylic acid groups (broad SMARTS) is 1. The molecule has 8 heteroatoms. The minimum atomic E-state index is -0.887. The number of nitrogens with two attached hydrogens (primary N) is 1. The number of nitrogens with zero attached hydrogens (tertiary/aromatic N) is 4. The normalized spacial score (nSPS) is 21.6. The summed E-state index contributed by atoms with van der Waals surface area (Å²) in [4.78, 5) is 23.4. The maximum Gasteiger partial charge on any atom is 0.407 e. The van der Waals surface area contributed by atoms with Crippen LogP contribution in [0.5, 0.6) is 0 Å². The van der Waals surface area contributed by atoms with E-state index in [1.807, 2.05) is 20.8 Å². The third-order valence-electron chi connectivity index (χ3n) is 4.25. The van der Waals surface area contributed by atoms with Crippen molar-refractivity contribution in [2.45, 2.75) is 39.7 Å². The zero-order chi connectivity index (χ0) is 18.1. The van der Waals surface area contributed by atoms with Gasteiger partial charge in [-0.1, -0.05) is 18.5 Å². The van der Waals surface area contributed by atoms with Crippen LogP contribution in [0.2, 0.25) is 5.15 Å². The van der Waals surface area contributed by atoms with Gasteiger partial charge in [0.2, 0.25) is 5.95 Å². The lowest BCUT2D eigenvalue weighted by atomic mass is 9.89. The van der Waals surface area contributed by atoms with Crippen LogP contribution in [0.4, 0.5) is 16.6 Å². The highest BCUT2D eigenvalue weighted by atomic mass is 35.5. The Morgan fingerprint density at radius 2 is 2.12 bits per heavy atom. The molecule has 0 spiro atoms. The summed E-state index contributed by atoms with van der Waals surface area (Å²) in [6.45, 7) is 9.95. The Bertz CT molecular complexity index is 584. The van der Waals surface area contributed by atoms with Crippen molar-refractivity contribution in [1.82, 2.24) is 14.9 Å². The van der Waals surface area contributed by atoms with Gasteiger partial charge in [-0.3, -0.25) is 0 Å². The Morgan fingerprint density at radius 1 is 1.46 bits per heavy atom.